The van der Waals surface area contributed by atoms with E-state index in [0.29, 0.717) is 64.2 Å². The molecule has 0 amide bonds. The summed E-state index contributed by atoms with van der Waals surface area (Å²) in [5.74, 6) is 0.888. The number of imidazole rings is 1. The van der Waals surface area contributed by atoms with Crippen molar-refractivity contribution in [3.05, 3.63) is 17.2 Å². The summed E-state index contributed by atoms with van der Waals surface area (Å²) >= 11 is 5.99. The first-order chi connectivity index (χ1) is 11.0. The van der Waals surface area contributed by atoms with Gasteiger partial charge in [0.15, 0.2) is 0 Å². The van der Waals surface area contributed by atoms with Crippen LogP contribution in [0.2, 0.25) is 5.15 Å². The largest absolute Gasteiger partial charge is 0.379 e. The fraction of sp³-hybridized carbons (Fsp3) is 0.769. The zero-order valence-corrected chi connectivity index (χ0v) is 14.8. The zero-order valence-electron chi connectivity index (χ0n) is 13.2. The molecular formula is C13H22ClN5O3S. The van der Waals surface area contributed by atoms with E-state index in [2.05, 4.69) is 9.88 Å². The third-order valence-corrected chi connectivity index (χ3v) is 6.73. The standard InChI is InChI=1S/C13H22ClN5O3S/c1-16-12(14)10-15-13(16)11-17-2-4-18(5-3-17)23(20,21)19-6-8-22-9-7-19/h10H,2-9,11H2,1H3. The maximum atomic E-state index is 12.6. The summed E-state index contributed by atoms with van der Waals surface area (Å²) in [5, 5.41) is 0.605. The molecule has 0 bridgehead atoms. The first kappa shape index (κ1) is 17.1. The highest BCUT2D eigenvalue weighted by Gasteiger charge is 2.33. The Morgan fingerprint density at radius 3 is 2.30 bits per heavy atom. The normalized spacial score (nSPS) is 22.5. The van der Waals surface area contributed by atoms with E-state index in [-0.39, 0.29) is 0 Å². The van der Waals surface area contributed by atoms with Gasteiger partial charge in [0.1, 0.15) is 11.0 Å². The molecule has 0 N–H and O–H groups in total. The van der Waals surface area contributed by atoms with Gasteiger partial charge < -0.3 is 9.30 Å². The highest BCUT2D eigenvalue weighted by Crippen LogP contribution is 2.16. The number of halogens is 1. The number of nitrogens with zero attached hydrogens (tertiary/aromatic N) is 5. The van der Waals surface area contributed by atoms with Crippen LogP contribution in [-0.2, 0) is 28.5 Å². The number of piperazine rings is 1. The van der Waals surface area contributed by atoms with Crippen LogP contribution < -0.4 is 0 Å². The first-order valence-electron chi connectivity index (χ1n) is 7.70. The molecule has 3 heterocycles. The summed E-state index contributed by atoms with van der Waals surface area (Å²) in [7, 11) is -1.49. The van der Waals surface area contributed by atoms with Crippen molar-refractivity contribution >= 4 is 21.8 Å². The van der Waals surface area contributed by atoms with Gasteiger partial charge in [0.25, 0.3) is 10.2 Å². The SMILES string of the molecule is Cn1c(Cl)cnc1CN1CCN(S(=O)(=O)N2CCOCC2)CC1. The molecular weight excluding hydrogens is 342 g/mol. The van der Waals surface area contributed by atoms with Crippen LogP contribution in [0.3, 0.4) is 0 Å². The molecule has 0 aliphatic carbocycles. The summed E-state index contributed by atoms with van der Waals surface area (Å²) in [6, 6.07) is 0. The van der Waals surface area contributed by atoms with Gasteiger partial charge in [-0.05, 0) is 0 Å². The van der Waals surface area contributed by atoms with Gasteiger partial charge in [0.05, 0.1) is 26.0 Å². The van der Waals surface area contributed by atoms with E-state index < -0.39 is 10.2 Å². The molecule has 1 aromatic heterocycles. The maximum absolute atomic E-state index is 12.6. The monoisotopic (exact) mass is 363 g/mol. The Labute approximate surface area is 141 Å². The lowest BCUT2D eigenvalue weighted by Crippen LogP contribution is -2.54. The molecule has 10 heteroatoms. The molecule has 3 rings (SSSR count). The molecule has 0 saturated carbocycles. The van der Waals surface area contributed by atoms with Gasteiger partial charge in [-0.15, -0.1) is 0 Å². The molecule has 23 heavy (non-hydrogen) atoms. The Bertz CT molecular complexity index is 636. The van der Waals surface area contributed by atoms with Crippen molar-refractivity contribution in [2.24, 2.45) is 7.05 Å². The Balaban J connectivity index is 1.56. The van der Waals surface area contributed by atoms with Gasteiger partial charge in [0.2, 0.25) is 0 Å². The molecule has 0 spiro atoms. The summed E-state index contributed by atoms with van der Waals surface area (Å²) in [4.78, 5) is 6.48. The van der Waals surface area contributed by atoms with Crippen LogP contribution in [0.4, 0.5) is 0 Å². The molecule has 1 aromatic rings. The number of rotatable bonds is 4. The smallest absolute Gasteiger partial charge is 0.282 e. The number of hydrogen-bond acceptors (Lipinski definition) is 5. The summed E-state index contributed by atoms with van der Waals surface area (Å²) < 4.78 is 35.4. The number of hydrogen-bond donors (Lipinski definition) is 0. The van der Waals surface area contributed by atoms with Gasteiger partial charge in [-0.2, -0.15) is 17.0 Å². The van der Waals surface area contributed by atoms with Crippen molar-refractivity contribution in [2.75, 3.05) is 52.5 Å². The van der Waals surface area contributed by atoms with Crippen LogP contribution in [0.15, 0.2) is 6.20 Å². The van der Waals surface area contributed by atoms with Crippen LogP contribution in [0.1, 0.15) is 5.82 Å². The fourth-order valence-electron chi connectivity index (χ4n) is 2.83. The average Bonchev–Trinajstić information content (AvgIpc) is 2.88. The average molecular weight is 364 g/mol. The molecule has 8 nitrogen and oxygen atoms in total. The third kappa shape index (κ3) is 3.70. The minimum atomic E-state index is -3.37. The predicted molar refractivity (Wildman–Crippen MR) is 86.4 cm³/mol. The molecule has 2 aliphatic heterocycles. The van der Waals surface area contributed by atoms with E-state index in [1.807, 2.05) is 11.6 Å². The fourth-order valence-corrected chi connectivity index (χ4v) is 4.54. The lowest BCUT2D eigenvalue weighted by Gasteiger charge is -2.37. The van der Waals surface area contributed by atoms with E-state index in [1.54, 1.807) is 10.5 Å². The Morgan fingerprint density at radius 2 is 1.74 bits per heavy atom. The molecule has 2 aliphatic rings. The molecule has 0 aromatic carbocycles. The van der Waals surface area contributed by atoms with E-state index in [9.17, 15) is 8.42 Å². The molecule has 0 unspecified atom stereocenters. The second-order valence-corrected chi connectivity index (χ2v) is 8.07. The van der Waals surface area contributed by atoms with E-state index in [1.165, 1.54) is 4.31 Å². The van der Waals surface area contributed by atoms with Crippen LogP contribution in [0, 0.1) is 0 Å². The Kier molecular flexibility index (Phi) is 5.24. The zero-order chi connectivity index (χ0) is 16.4. The molecule has 130 valence electrons. The summed E-state index contributed by atoms with van der Waals surface area (Å²) in [5.41, 5.74) is 0. The van der Waals surface area contributed by atoms with Crippen LogP contribution in [-0.4, -0.2) is 84.0 Å². The highest BCUT2D eigenvalue weighted by molar-refractivity contribution is 7.86. The van der Waals surface area contributed by atoms with Crippen molar-refractivity contribution < 1.29 is 13.2 Å². The maximum Gasteiger partial charge on any atom is 0.282 e. The molecule has 2 fully saturated rings. The molecule has 0 atom stereocenters. The predicted octanol–water partition coefficient (Wildman–Crippen LogP) is -0.232. The van der Waals surface area contributed by atoms with Crippen molar-refractivity contribution in [3.63, 3.8) is 0 Å². The summed E-state index contributed by atoms with van der Waals surface area (Å²) in [6.45, 7) is 4.87. The van der Waals surface area contributed by atoms with Crippen molar-refractivity contribution in [1.82, 2.24) is 23.1 Å². The molecule has 0 radical (unpaired) electrons. The second-order valence-electron chi connectivity index (χ2n) is 5.75. The van der Waals surface area contributed by atoms with Crippen molar-refractivity contribution in [3.8, 4) is 0 Å². The number of ether oxygens (including phenoxy) is 1. The topological polar surface area (TPSA) is 70.9 Å². The second kappa shape index (κ2) is 7.04. The van der Waals surface area contributed by atoms with Gasteiger partial charge in [-0.3, -0.25) is 4.90 Å². The third-order valence-electron chi connectivity index (χ3n) is 4.35. The van der Waals surface area contributed by atoms with Crippen molar-refractivity contribution in [1.29, 1.82) is 0 Å². The van der Waals surface area contributed by atoms with Crippen molar-refractivity contribution in [2.45, 2.75) is 6.54 Å². The Morgan fingerprint density at radius 1 is 1.13 bits per heavy atom. The quantitative estimate of drug-likeness (QED) is 0.739. The van der Waals surface area contributed by atoms with Crippen LogP contribution in [0.25, 0.3) is 0 Å². The first-order valence-corrected chi connectivity index (χ1v) is 9.47. The number of morpholine rings is 1. The van der Waals surface area contributed by atoms with Crippen LogP contribution in [0.5, 0.6) is 0 Å². The minimum Gasteiger partial charge on any atom is -0.379 e. The Hall–Kier alpha value is -0.710. The van der Waals surface area contributed by atoms with E-state index in [4.69, 9.17) is 16.3 Å². The minimum absolute atomic E-state index is 0.439. The van der Waals surface area contributed by atoms with Gasteiger partial charge >= 0.3 is 0 Å². The van der Waals surface area contributed by atoms with Gasteiger partial charge in [-0.1, -0.05) is 11.6 Å². The number of aromatic nitrogens is 2. The van der Waals surface area contributed by atoms with Gasteiger partial charge in [0, 0.05) is 46.3 Å². The van der Waals surface area contributed by atoms with Gasteiger partial charge in [-0.25, -0.2) is 4.98 Å². The lowest BCUT2D eigenvalue weighted by atomic mass is 10.3. The van der Waals surface area contributed by atoms with Crippen LogP contribution >= 0.6 is 11.6 Å². The molecule has 2 saturated heterocycles. The van der Waals surface area contributed by atoms with E-state index in [0.717, 1.165) is 5.82 Å². The lowest BCUT2D eigenvalue weighted by molar-refractivity contribution is 0.0683. The highest BCUT2D eigenvalue weighted by atomic mass is 35.5. The van der Waals surface area contributed by atoms with E-state index >= 15 is 0 Å². The summed E-state index contributed by atoms with van der Waals surface area (Å²) in [6.07, 6.45) is 1.63.